The number of hydrogen-bond acceptors (Lipinski definition) is 2. The van der Waals surface area contributed by atoms with Crippen molar-refractivity contribution in [3.05, 3.63) is 28.8 Å². The van der Waals surface area contributed by atoms with E-state index in [1.807, 2.05) is 12.1 Å². The molecular weight excluding hydrogens is 314 g/mol. The molecule has 0 radical (unpaired) electrons. The molecule has 4 heteroatoms. The van der Waals surface area contributed by atoms with Gasteiger partial charge in [0.25, 0.3) is 0 Å². The van der Waals surface area contributed by atoms with Gasteiger partial charge in [0.1, 0.15) is 0 Å². The quantitative estimate of drug-likeness (QED) is 0.748. The van der Waals surface area contributed by atoms with E-state index in [-0.39, 0.29) is 0 Å². The van der Waals surface area contributed by atoms with E-state index >= 15 is 0 Å². The predicted molar refractivity (Wildman–Crippen MR) is 80.9 cm³/mol. The van der Waals surface area contributed by atoms with Crippen molar-refractivity contribution >= 4 is 33.2 Å². The molecule has 1 aromatic rings. The number of halogens is 2. The van der Waals surface area contributed by atoms with Gasteiger partial charge in [-0.2, -0.15) is 0 Å². The molecule has 2 rings (SSSR count). The molecular formula is C14H19BrClNO. The van der Waals surface area contributed by atoms with Crippen LogP contribution < -0.4 is 4.90 Å². The summed E-state index contributed by atoms with van der Waals surface area (Å²) in [5.41, 5.74) is 2.39. The van der Waals surface area contributed by atoms with Crippen molar-refractivity contribution < 1.29 is 4.74 Å². The molecule has 1 unspecified atom stereocenters. The molecule has 1 atom stereocenters. The first-order valence-corrected chi connectivity index (χ1v) is 7.96. The maximum atomic E-state index is 6.26. The van der Waals surface area contributed by atoms with Gasteiger partial charge in [-0.25, -0.2) is 0 Å². The summed E-state index contributed by atoms with van der Waals surface area (Å²) < 4.78 is 5.72. The maximum absolute atomic E-state index is 6.26. The van der Waals surface area contributed by atoms with Gasteiger partial charge in [-0.1, -0.05) is 33.6 Å². The van der Waals surface area contributed by atoms with Crippen molar-refractivity contribution in [2.45, 2.75) is 31.2 Å². The van der Waals surface area contributed by atoms with E-state index in [4.69, 9.17) is 16.3 Å². The third-order valence-electron chi connectivity index (χ3n) is 3.40. The molecule has 18 heavy (non-hydrogen) atoms. The highest BCUT2D eigenvalue weighted by molar-refractivity contribution is 9.08. The summed E-state index contributed by atoms with van der Waals surface area (Å²) in [5, 5.41) is 1.61. The lowest BCUT2D eigenvalue weighted by atomic mass is 10.1. The van der Waals surface area contributed by atoms with Gasteiger partial charge in [-0.05, 0) is 31.9 Å². The van der Waals surface area contributed by atoms with Gasteiger partial charge >= 0.3 is 0 Å². The van der Waals surface area contributed by atoms with Crippen LogP contribution in [0.1, 0.15) is 25.3 Å². The monoisotopic (exact) mass is 331 g/mol. The van der Waals surface area contributed by atoms with E-state index in [9.17, 15) is 0 Å². The molecule has 0 aliphatic carbocycles. The Balaban J connectivity index is 2.18. The minimum Gasteiger partial charge on any atom is -0.376 e. The summed E-state index contributed by atoms with van der Waals surface area (Å²) in [5.74, 6) is 0. The maximum Gasteiger partial charge on any atom is 0.0750 e. The number of rotatable bonds is 5. The zero-order valence-corrected chi connectivity index (χ0v) is 13.0. The zero-order chi connectivity index (χ0) is 13.0. The third-order valence-corrected chi connectivity index (χ3v) is 4.31. The third kappa shape index (κ3) is 3.19. The van der Waals surface area contributed by atoms with Crippen molar-refractivity contribution in [3.8, 4) is 0 Å². The van der Waals surface area contributed by atoms with Crippen LogP contribution in [0.15, 0.2) is 18.2 Å². The van der Waals surface area contributed by atoms with Crippen LogP contribution in [0.5, 0.6) is 0 Å². The molecule has 1 aromatic carbocycles. The van der Waals surface area contributed by atoms with Crippen LogP contribution in [-0.2, 0) is 10.1 Å². The van der Waals surface area contributed by atoms with E-state index in [1.54, 1.807) is 0 Å². The summed E-state index contributed by atoms with van der Waals surface area (Å²) in [6.07, 6.45) is 2.72. The molecule has 2 nitrogen and oxygen atoms in total. The van der Waals surface area contributed by atoms with Crippen molar-refractivity contribution in [2.24, 2.45) is 0 Å². The fraction of sp³-hybridized carbons (Fsp3) is 0.571. The Bertz CT molecular complexity index is 393. The Hall–Kier alpha value is -0.250. The zero-order valence-electron chi connectivity index (χ0n) is 10.7. The van der Waals surface area contributed by atoms with Gasteiger partial charge in [0, 0.05) is 41.3 Å². The van der Waals surface area contributed by atoms with Gasteiger partial charge in [-0.3, -0.25) is 0 Å². The Morgan fingerprint density at radius 2 is 2.33 bits per heavy atom. The molecule has 0 aromatic heterocycles. The normalized spacial score (nSPS) is 19.2. The Kier molecular flexibility index (Phi) is 5.34. The van der Waals surface area contributed by atoms with Crippen LogP contribution in [0.4, 0.5) is 5.69 Å². The van der Waals surface area contributed by atoms with Crippen molar-refractivity contribution in [1.29, 1.82) is 0 Å². The largest absolute Gasteiger partial charge is 0.376 e. The molecule has 0 spiro atoms. The Morgan fingerprint density at radius 3 is 2.94 bits per heavy atom. The van der Waals surface area contributed by atoms with Gasteiger partial charge in [0.15, 0.2) is 0 Å². The van der Waals surface area contributed by atoms with Crippen LogP contribution in [0.25, 0.3) is 0 Å². The average Bonchev–Trinajstić information content (AvgIpc) is 2.88. The second kappa shape index (κ2) is 6.78. The SMILES string of the molecule is CCN(CC1CCCO1)c1cccc(Cl)c1CBr. The summed E-state index contributed by atoms with van der Waals surface area (Å²) in [6, 6.07) is 6.10. The lowest BCUT2D eigenvalue weighted by Crippen LogP contribution is -2.32. The smallest absolute Gasteiger partial charge is 0.0750 e. The summed E-state index contributed by atoms with van der Waals surface area (Å²) in [4.78, 5) is 2.36. The van der Waals surface area contributed by atoms with E-state index in [2.05, 4.69) is 33.8 Å². The van der Waals surface area contributed by atoms with Gasteiger partial charge in [0.05, 0.1) is 6.10 Å². The predicted octanol–water partition coefficient (Wildman–Crippen LogP) is 4.24. The summed E-state index contributed by atoms with van der Waals surface area (Å²) in [6.45, 7) is 5.01. The second-order valence-electron chi connectivity index (χ2n) is 4.54. The van der Waals surface area contributed by atoms with Gasteiger partial charge in [0.2, 0.25) is 0 Å². The van der Waals surface area contributed by atoms with E-state index < -0.39 is 0 Å². The second-order valence-corrected chi connectivity index (χ2v) is 5.51. The van der Waals surface area contributed by atoms with Crippen LogP contribution in [0, 0.1) is 0 Å². The minimum atomic E-state index is 0.368. The molecule has 1 saturated heterocycles. The molecule has 0 N–H and O–H groups in total. The van der Waals surface area contributed by atoms with Crippen molar-refractivity contribution in [1.82, 2.24) is 0 Å². The number of ether oxygens (including phenoxy) is 1. The first-order valence-electron chi connectivity index (χ1n) is 6.46. The number of alkyl halides is 1. The minimum absolute atomic E-state index is 0.368. The number of hydrogen-bond donors (Lipinski definition) is 0. The lowest BCUT2D eigenvalue weighted by molar-refractivity contribution is 0.115. The number of benzene rings is 1. The molecule has 1 aliphatic rings. The molecule has 0 bridgehead atoms. The summed E-state index contributed by atoms with van der Waals surface area (Å²) >= 11 is 9.79. The van der Waals surface area contributed by atoms with Crippen LogP contribution >= 0.6 is 27.5 Å². The standard InChI is InChI=1S/C14H19BrClNO/c1-2-17(10-11-5-4-8-18-11)14-7-3-6-13(16)12(14)9-15/h3,6-7,11H,2,4-5,8-10H2,1H3. The van der Waals surface area contributed by atoms with Crippen LogP contribution in [0.2, 0.25) is 5.02 Å². The highest BCUT2D eigenvalue weighted by Crippen LogP contribution is 2.30. The van der Waals surface area contributed by atoms with E-state index in [0.717, 1.165) is 30.0 Å². The molecule has 100 valence electrons. The first-order chi connectivity index (χ1) is 8.76. The molecule has 0 amide bonds. The highest BCUT2D eigenvalue weighted by atomic mass is 79.9. The molecule has 1 heterocycles. The first kappa shape index (κ1) is 14.2. The van der Waals surface area contributed by atoms with Gasteiger partial charge in [-0.15, -0.1) is 0 Å². The summed E-state index contributed by atoms with van der Waals surface area (Å²) in [7, 11) is 0. The van der Waals surface area contributed by atoms with Gasteiger partial charge < -0.3 is 9.64 Å². The fourth-order valence-electron chi connectivity index (χ4n) is 2.41. The van der Waals surface area contributed by atoms with E-state index in [1.165, 1.54) is 24.1 Å². The van der Waals surface area contributed by atoms with E-state index in [0.29, 0.717) is 6.10 Å². The van der Waals surface area contributed by atoms with Crippen molar-refractivity contribution in [2.75, 3.05) is 24.6 Å². The highest BCUT2D eigenvalue weighted by Gasteiger charge is 2.20. The number of nitrogens with zero attached hydrogens (tertiary/aromatic N) is 1. The molecule has 1 fully saturated rings. The topological polar surface area (TPSA) is 12.5 Å². The lowest BCUT2D eigenvalue weighted by Gasteiger charge is -2.28. The molecule has 1 aliphatic heterocycles. The fourth-order valence-corrected chi connectivity index (χ4v) is 3.39. The Morgan fingerprint density at radius 1 is 1.50 bits per heavy atom. The number of likely N-dealkylation sites (N-methyl/N-ethyl adjacent to an activating group) is 1. The van der Waals surface area contributed by atoms with Crippen LogP contribution in [0.3, 0.4) is 0 Å². The molecule has 0 saturated carbocycles. The van der Waals surface area contributed by atoms with Crippen molar-refractivity contribution in [3.63, 3.8) is 0 Å². The Labute approximate surface area is 122 Å². The average molecular weight is 333 g/mol. The number of anilines is 1. The van der Waals surface area contributed by atoms with Crippen LogP contribution in [-0.4, -0.2) is 25.8 Å².